The number of benzene rings is 1. The Labute approximate surface area is 179 Å². The minimum atomic E-state index is -1.14. The molecular weight excluding hydrogens is 372 g/mol. The molecule has 5 atom stereocenters. The maximum Gasteiger partial charge on any atom is 0.148 e. The molecule has 0 unspecified atom stereocenters. The smallest absolute Gasteiger partial charge is 0.148 e. The highest BCUT2D eigenvalue weighted by molar-refractivity contribution is 5.92. The molecule has 30 heavy (non-hydrogen) atoms. The quantitative estimate of drug-likeness (QED) is 0.454. The van der Waals surface area contributed by atoms with Crippen molar-refractivity contribution in [2.75, 3.05) is 0 Å². The van der Waals surface area contributed by atoms with Gasteiger partial charge in [-0.25, -0.2) is 0 Å². The Morgan fingerprint density at radius 3 is 2.53 bits per heavy atom. The molecule has 1 aromatic carbocycles. The van der Waals surface area contributed by atoms with Crippen molar-refractivity contribution < 1.29 is 15.5 Å². The molecule has 1 saturated carbocycles. The zero-order valence-corrected chi connectivity index (χ0v) is 19.0. The first-order chi connectivity index (χ1) is 13.9. The van der Waals surface area contributed by atoms with E-state index in [0.717, 1.165) is 35.0 Å². The van der Waals surface area contributed by atoms with E-state index in [1.54, 1.807) is 0 Å². The molecule has 2 aromatic rings. The van der Waals surface area contributed by atoms with Gasteiger partial charge in [0.25, 0.3) is 0 Å². The van der Waals surface area contributed by atoms with Crippen LogP contribution in [-0.2, 0) is 16.4 Å². The van der Waals surface area contributed by atoms with Gasteiger partial charge < -0.3 is 20.5 Å². The number of hydrogen-bond donors (Lipinski definition) is 4. The van der Waals surface area contributed by atoms with Crippen molar-refractivity contribution in [1.82, 2.24) is 4.98 Å². The zero-order chi connectivity index (χ0) is 21.9. The van der Waals surface area contributed by atoms with Gasteiger partial charge in [0.05, 0.1) is 6.10 Å². The number of aromatic amines is 1. The minimum Gasteiger partial charge on any atom is -0.470 e. The molecule has 1 heterocycles. The zero-order valence-electron chi connectivity index (χ0n) is 19.0. The van der Waals surface area contributed by atoms with Gasteiger partial charge in [-0.15, -0.1) is 6.58 Å². The average molecular weight is 409 g/mol. The molecule has 3 aliphatic rings. The average Bonchev–Trinajstić information content (AvgIpc) is 3.08. The molecule has 0 saturated heterocycles. The van der Waals surface area contributed by atoms with E-state index in [9.17, 15) is 10.2 Å². The molecule has 1 aromatic heterocycles. The van der Waals surface area contributed by atoms with Crippen molar-refractivity contribution in [3.63, 3.8) is 0 Å². The van der Waals surface area contributed by atoms with Crippen LogP contribution in [0.4, 0.5) is 0 Å². The van der Waals surface area contributed by atoms with E-state index in [1.807, 2.05) is 11.4 Å². The molecule has 0 spiro atoms. The van der Waals surface area contributed by atoms with E-state index in [2.05, 4.69) is 71.4 Å². The van der Waals surface area contributed by atoms with Crippen molar-refractivity contribution >= 4 is 10.9 Å². The Balaban J connectivity index is 2.04. The summed E-state index contributed by atoms with van der Waals surface area (Å²) in [7, 11) is 4.28. The lowest BCUT2D eigenvalue weighted by Crippen LogP contribution is -3.02. The second-order valence-electron chi connectivity index (χ2n) is 11.4. The Bertz CT molecular complexity index is 1070. The number of nitrogens with two attached hydrogens (primary N) is 1. The molecule has 0 aliphatic heterocycles. The standard InChI is InChI=1S/C26H36N2O2/c1-8-24(6)13-12-17-22(2,3)15-10-9-11-16-19(15)20-21(28-16)23(4,5)18(29)14-25(24,27-7)26(17,20)30/h8-11,17-18,28-30H,1,7,12-14,27H2,2-6H3/t17-,18-,24+,25+,26-/m1/s1. The number of quaternary nitrogens is 1. The third kappa shape index (κ3) is 1.87. The molecular formula is C26H36N2O2. The van der Waals surface area contributed by atoms with Gasteiger partial charge >= 0.3 is 0 Å². The van der Waals surface area contributed by atoms with Crippen LogP contribution in [0.25, 0.3) is 10.9 Å². The van der Waals surface area contributed by atoms with Crippen LogP contribution in [0.15, 0.2) is 30.9 Å². The Hall–Kier alpha value is -1.62. The molecule has 4 nitrogen and oxygen atoms in total. The molecule has 5 N–H and O–H groups in total. The lowest BCUT2D eigenvalue weighted by atomic mass is 9.43. The van der Waals surface area contributed by atoms with Gasteiger partial charge in [-0.2, -0.15) is 7.05 Å². The van der Waals surface area contributed by atoms with Crippen LogP contribution in [0.5, 0.6) is 0 Å². The van der Waals surface area contributed by atoms with E-state index in [1.165, 1.54) is 5.56 Å². The first-order valence-electron chi connectivity index (χ1n) is 11.3. The van der Waals surface area contributed by atoms with Crippen LogP contribution < -0.4 is 5.32 Å². The van der Waals surface area contributed by atoms with Crippen molar-refractivity contribution in [1.29, 1.82) is 0 Å². The maximum absolute atomic E-state index is 13.1. The van der Waals surface area contributed by atoms with Crippen LogP contribution in [0.3, 0.4) is 0 Å². The van der Waals surface area contributed by atoms with Gasteiger partial charge in [-0.3, -0.25) is 0 Å². The summed E-state index contributed by atoms with van der Waals surface area (Å²) in [5.74, 6) is 0.0183. The molecule has 3 aliphatic carbocycles. The topological polar surface area (TPSA) is 72.9 Å². The summed E-state index contributed by atoms with van der Waals surface area (Å²) in [5, 5.41) is 27.8. The van der Waals surface area contributed by atoms with Crippen molar-refractivity contribution in [2.24, 2.45) is 11.3 Å². The first-order valence-corrected chi connectivity index (χ1v) is 11.3. The van der Waals surface area contributed by atoms with E-state index >= 15 is 0 Å². The maximum atomic E-state index is 13.1. The highest BCUT2D eigenvalue weighted by atomic mass is 16.3. The highest BCUT2D eigenvalue weighted by Crippen LogP contribution is 2.67. The Morgan fingerprint density at radius 2 is 1.90 bits per heavy atom. The fraction of sp³-hybridized carbons (Fsp3) is 0.577. The van der Waals surface area contributed by atoms with Crippen LogP contribution in [0.1, 0.15) is 70.7 Å². The van der Waals surface area contributed by atoms with Crippen LogP contribution in [0, 0.1) is 18.4 Å². The molecule has 162 valence electrons. The molecule has 5 rings (SSSR count). The molecule has 0 bridgehead atoms. The van der Waals surface area contributed by atoms with E-state index in [4.69, 9.17) is 0 Å². The first kappa shape index (κ1) is 20.3. The predicted octanol–water partition coefficient (Wildman–Crippen LogP) is 3.38. The number of aliphatic hydroxyl groups is 2. The van der Waals surface area contributed by atoms with Crippen LogP contribution in [-0.4, -0.2) is 26.8 Å². The van der Waals surface area contributed by atoms with Crippen molar-refractivity contribution in [3.8, 4) is 0 Å². The third-order valence-corrected chi connectivity index (χ3v) is 9.72. The van der Waals surface area contributed by atoms with Gasteiger partial charge in [0, 0.05) is 45.3 Å². The number of aliphatic hydroxyl groups excluding tert-OH is 1. The fourth-order valence-corrected chi connectivity index (χ4v) is 7.61. The normalized spacial score (nSPS) is 40.8. The van der Waals surface area contributed by atoms with E-state index in [0.29, 0.717) is 6.42 Å². The molecule has 0 amide bonds. The van der Waals surface area contributed by atoms with Gasteiger partial charge in [0.15, 0.2) is 0 Å². The molecule has 1 fully saturated rings. The summed E-state index contributed by atoms with van der Waals surface area (Å²) < 4.78 is 0. The van der Waals surface area contributed by atoms with Gasteiger partial charge in [0.2, 0.25) is 0 Å². The summed E-state index contributed by atoms with van der Waals surface area (Å²) in [4.78, 5) is 3.65. The Morgan fingerprint density at radius 1 is 1.20 bits per heavy atom. The summed E-state index contributed by atoms with van der Waals surface area (Å²) >= 11 is 0. The SMILES string of the molecule is C=C[C@@]1(C)CC[C@@H]2C(C)(C)c3cccc4[nH]c5c(c34)[C@@]2(O)[C@]1([NH2+][CH2-])C[C@@H](O)C5(C)C. The lowest BCUT2D eigenvalue weighted by molar-refractivity contribution is -0.721. The monoisotopic (exact) mass is 408 g/mol. The van der Waals surface area contributed by atoms with Gasteiger partial charge in [-0.1, -0.05) is 52.8 Å². The van der Waals surface area contributed by atoms with E-state index < -0.39 is 22.7 Å². The third-order valence-electron chi connectivity index (χ3n) is 9.72. The number of hydrogen-bond acceptors (Lipinski definition) is 2. The number of H-pyrrole nitrogens is 1. The fourth-order valence-electron chi connectivity index (χ4n) is 7.61. The lowest BCUT2D eigenvalue weighted by Gasteiger charge is -2.65. The second kappa shape index (κ2) is 5.59. The summed E-state index contributed by atoms with van der Waals surface area (Å²) in [6, 6.07) is 6.43. The van der Waals surface area contributed by atoms with Crippen LogP contribution >= 0.6 is 0 Å². The predicted molar refractivity (Wildman–Crippen MR) is 120 cm³/mol. The minimum absolute atomic E-state index is 0.0183. The molecule has 0 radical (unpaired) electrons. The van der Waals surface area contributed by atoms with E-state index in [-0.39, 0.29) is 16.7 Å². The number of nitrogens with one attached hydrogen (secondary N) is 1. The second-order valence-corrected chi connectivity index (χ2v) is 11.4. The highest BCUT2D eigenvalue weighted by Gasteiger charge is 2.74. The molecule has 4 heteroatoms. The summed E-state index contributed by atoms with van der Waals surface area (Å²) in [6.45, 7) is 15.1. The van der Waals surface area contributed by atoms with Crippen molar-refractivity contribution in [3.05, 3.63) is 54.7 Å². The van der Waals surface area contributed by atoms with Crippen LogP contribution in [0.2, 0.25) is 0 Å². The Kier molecular flexibility index (Phi) is 3.78. The largest absolute Gasteiger partial charge is 0.470 e. The number of aromatic nitrogens is 1. The van der Waals surface area contributed by atoms with Gasteiger partial charge in [-0.05, 0) is 29.9 Å². The number of rotatable bonds is 2. The summed E-state index contributed by atoms with van der Waals surface area (Å²) in [6.07, 6.45) is 3.65. The van der Waals surface area contributed by atoms with Gasteiger partial charge in [0.1, 0.15) is 11.1 Å². The summed E-state index contributed by atoms with van der Waals surface area (Å²) in [5.41, 5.74) is 1.33. The van der Waals surface area contributed by atoms with Crippen molar-refractivity contribution in [2.45, 2.75) is 82.0 Å².